The number of nitrogens with zero attached hydrogens (tertiary/aromatic N) is 6. The van der Waals surface area contributed by atoms with Crippen LogP contribution in [0.3, 0.4) is 0 Å². The predicted molar refractivity (Wildman–Crippen MR) is 96.8 cm³/mol. The van der Waals surface area contributed by atoms with Crippen molar-refractivity contribution in [1.82, 2.24) is 25.0 Å². The van der Waals surface area contributed by atoms with Crippen LogP contribution in [0.25, 0.3) is 11.5 Å². The van der Waals surface area contributed by atoms with Crippen molar-refractivity contribution >= 4 is 11.6 Å². The fourth-order valence-corrected chi connectivity index (χ4v) is 4.94. The number of hydrogen-bond acceptors (Lipinski definition) is 6. The second-order valence-corrected chi connectivity index (χ2v) is 8.30. The van der Waals surface area contributed by atoms with Crippen LogP contribution >= 0.6 is 0 Å². The van der Waals surface area contributed by atoms with Gasteiger partial charge in [0.15, 0.2) is 5.82 Å². The van der Waals surface area contributed by atoms with Crippen LogP contribution in [0.4, 0.5) is 14.6 Å². The van der Waals surface area contributed by atoms with Crippen molar-refractivity contribution in [2.24, 2.45) is 24.8 Å². The van der Waals surface area contributed by atoms with Crippen molar-refractivity contribution < 1.29 is 13.6 Å². The number of Topliss-reactive ketones (excluding diaryl/α,β-unsaturated/α-hetero) is 1. The van der Waals surface area contributed by atoms with Gasteiger partial charge in [0.25, 0.3) is 5.92 Å². The largest absolute Gasteiger partial charge is 0.356 e. The molecule has 0 bridgehead atoms. The van der Waals surface area contributed by atoms with Crippen LogP contribution in [-0.2, 0) is 24.2 Å². The number of fused-ring (bicyclic) bond motifs is 2. The van der Waals surface area contributed by atoms with Crippen LogP contribution in [0.5, 0.6) is 0 Å². The SMILES string of the molecule is CC(=O)CC1[C@H]2CN(c3nc(-c4cnnn4C)nc4c3CCCC4(F)F)C[C@@H]12. The monoisotopic (exact) mass is 388 g/mol. The van der Waals surface area contributed by atoms with Crippen molar-refractivity contribution in [1.29, 1.82) is 0 Å². The molecule has 0 amide bonds. The van der Waals surface area contributed by atoms with E-state index in [0.717, 1.165) is 13.1 Å². The molecule has 0 spiro atoms. The smallest absolute Gasteiger partial charge is 0.290 e. The molecule has 3 atom stereocenters. The Kier molecular flexibility index (Phi) is 3.79. The van der Waals surface area contributed by atoms with Crippen molar-refractivity contribution in [2.45, 2.75) is 38.5 Å². The molecule has 2 fully saturated rings. The van der Waals surface area contributed by atoms with E-state index >= 15 is 0 Å². The normalized spacial score (nSPS) is 27.4. The number of carbonyl (C=O) groups excluding carboxylic acids is 1. The highest BCUT2D eigenvalue weighted by atomic mass is 19.3. The molecule has 28 heavy (non-hydrogen) atoms. The Morgan fingerprint density at radius 2 is 2.04 bits per heavy atom. The maximum atomic E-state index is 14.7. The zero-order valence-electron chi connectivity index (χ0n) is 15.9. The maximum Gasteiger partial charge on any atom is 0.290 e. The average molecular weight is 388 g/mol. The third kappa shape index (κ3) is 2.70. The molecule has 2 aromatic rings. The molecular weight excluding hydrogens is 366 g/mol. The first-order chi connectivity index (χ1) is 13.3. The van der Waals surface area contributed by atoms with E-state index in [1.807, 2.05) is 0 Å². The predicted octanol–water partition coefficient (Wildman–Crippen LogP) is 2.36. The van der Waals surface area contributed by atoms with Gasteiger partial charge < -0.3 is 9.69 Å². The Morgan fingerprint density at radius 1 is 1.29 bits per heavy atom. The number of rotatable bonds is 4. The van der Waals surface area contributed by atoms with Gasteiger partial charge in [0.2, 0.25) is 0 Å². The van der Waals surface area contributed by atoms with Crippen molar-refractivity contribution in [3.63, 3.8) is 0 Å². The summed E-state index contributed by atoms with van der Waals surface area (Å²) < 4.78 is 30.9. The Morgan fingerprint density at radius 3 is 2.68 bits per heavy atom. The lowest BCUT2D eigenvalue weighted by Crippen LogP contribution is -2.31. The summed E-state index contributed by atoms with van der Waals surface area (Å²) in [7, 11) is 1.69. The molecule has 2 aliphatic carbocycles. The van der Waals surface area contributed by atoms with Crippen molar-refractivity contribution in [2.75, 3.05) is 18.0 Å². The van der Waals surface area contributed by atoms with Gasteiger partial charge in [0.1, 0.15) is 23.0 Å². The number of ketones is 1. The summed E-state index contributed by atoms with van der Waals surface area (Å²) in [6, 6.07) is 0. The van der Waals surface area contributed by atoms with E-state index in [2.05, 4.69) is 20.2 Å². The third-order valence-corrected chi connectivity index (χ3v) is 6.39. The average Bonchev–Trinajstić information content (AvgIpc) is 3.01. The van der Waals surface area contributed by atoms with Crippen molar-refractivity contribution in [3.8, 4) is 11.5 Å². The minimum atomic E-state index is -2.95. The summed E-state index contributed by atoms with van der Waals surface area (Å²) >= 11 is 0. The van der Waals surface area contributed by atoms with Gasteiger partial charge in [0, 0.05) is 38.5 Å². The van der Waals surface area contributed by atoms with E-state index in [0.29, 0.717) is 54.1 Å². The van der Waals surface area contributed by atoms with E-state index in [4.69, 9.17) is 4.98 Å². The number of carbonyl (C=O) groups is 1. The Bertz CT molecular complexity index is 946. The highest BCUT2D eigenvalue weighted by Gasteiger charge is 2.56. The number of alkyl halides is 2. The van der Waals surface area contributed by atoms with E-state index < -0.39 is 5.92 Å². The molecule has 5 rings (SSSR count). The van der Waals surface area contributed by atoms with Crippen LogP contribution < -0.4 is 4.90 Å². The Balaban J connectivity index is 1.53. The van der Waals surface area contributed by atoms with Gasteiger partial charge in [-0.2, -0.15) is 8.78 Å². The van der Waals surface area contributed by atoms with Gasteiger partial charge in [-0.3, -0.25) is 0 Å². The molecule has 3 aliphatic rings. The van der Waals surface area contributed by atoms with E-state index in [9.17, 15) is 13.6 Å². The molecule has 9 heteroatoms. The molecule has 0 radical (unpaired) electrons. The minimum Gasteiger partial charge on any atom is -0.356 e. The van der Waals surface area contributed by atoms with E-state index in [1.165, 1.54) is 10.9 Å². The summed E-state index contributed by atoms with van der Waals surface area (Å²) in [6.07, 6.45) is 2.92. The highest BCUT2D eigenvalue weighted by molar-refractivity contribution is 5.76. The number of halogens is 2. The fourth-order valence-electron chi connectivity index (χ4n) is 4.94. The summed E-state index contributed by atoms with van der Waals surface area (Å²) in [4.78, 5) is 22.5. The van der Waals surface area contributed by atoms with Crippen LogP contribution in [0.15, 0.2) is 6.20 Å². The molecule has 2 aromatic heterocycles. The second-order valence-electron chi connectivity index (χ2n) is 8.30. The lowest BCUT2D eigenvalue weighted by Gasteiger charge is -2.30. The summed E-state index contributed by atoms with van der Waals surface area (Å²) in [5, 5.41) is 7.71. The first kappa shape index (κ1) is 17.6. The molecule has 7 nitrogen and oxygen atoms in total. The second kappa shape index (κ2) is 6.02. The molecule has 1 saturated carbocycles. The quantitative estimate of drug-likeness (QED) is 0.800. The summed E-state index contributed by atoms with van der Waals surface area (Å²) in [5.41, 5.74) is 0.935. The van der Waals surface area contributed by atoms with Gasteiger partial charge in [-0.25, -0.2) is 14.6 Å². The number of piperidine rings is 1. The van der Waals surface area contributed by atoms with Gasteiger partial charge in [-0.15, -0.1) is 5.10 Å². The standard InChI is InChI=1S/C19H22F2N6O/c1-10(28)6-12-13-8-27(9-14(12)13)18-11-4-3-5-19(20,21)16(11)23-17(24-18)15-7-22-25-26(15)2/h7,12-14H,3-6,8-9H2,1-2H3/t12?,13-,14+. The molecule has 1 saturated heterocycles. The van der Waals surface area contributed by atoms with Gasteiger partial charge >= 0.3 is 0 Å². The number of anilines is 1. The van der Waals surface area contributed by atoms with Crippen LogP contribution in [0, 0.1) is 17.8 Å². The lowest BCUT2D eigenvalue weighted by atomic mass is 9.92. The topological polar surface area (TPSA) is 76.8 Å². The number of hydrogen-bond donors (Lipinski definition) is 0. The molecule has 1 aliphatic heterocycles. The van der Waals surface area contributed by atoms with Gasteiger partial charge in [-0.05, 0) is 37.5 Å². The van der Waals surface area contributed by atoms with E-state index in [1.54, 1.807) is 14.0 Å². The van der Waals surface area contributed by atoms with Crippen LogP contribution in [0.2, 0.25) is 0 Å². The van der Waals surface area contributed by atoms with Gasteiger partial charge in [-0.1, -0.05) is 5.21 Å². The van der Waals surface area contributed by atoms with Crippen LogP contribution in [0.1, 0.15) is 37.4 Å². The Hall–Kier alpha value is -2.45. The zero-order chi connectivity index (χ0) is 19.6. The minimum absolute atomic E-state index is 0.152. The molecule has 0 N–H and O–H groups in total. The van der Waals surface area contributed by atoms with E-state index in [-0.39, 0.29) is 23.7 Å². The number of aryl methyl sites for hydroxylation is 1. The third-order valence-electron chi connectivity index (χ3n) is 6.39. The molecule has 0 aromatic carbocycles. The summed E-state index contributed by atoms with van der Waals surface area (Å²) in [5.74, 6) is -0.519. The molecular formula is C19H22F2N6O. The first-order valence-corrected chi connectivity index (χ1v) is 9.74. The Labute approximate surface area is 161 Å². The fraction of sp³-hybridized carbons (Fsp3) is 0.632. The molecule has 148 valence electrons. The van der Waals surface area contributed by atoms with Crippen molar-refractivity contribution in [3.05, 3.63) is 17.5 Å². The first-order valence-electron chi connectivity index (χ1n) is 9.74. The highest BCUT2D eigenvalue weighted by Crippen LogP contribution is 2.55. The lowest BCUT2D eigenvalue weighted by molar-refractivity contribution is -0.117. The molecule has 1 unspecified atom stereocenters. The maximum absolute atomic E-state index is 14.7. The summed E-state index contributed by atoms with van der Waals surface area (Å²) in [6.45, 7) is 3.16. The molecule has 3 heterocycles. The van der Waals surface area contributed by atoms with Gasteiger partial charge in [0.05, 0.1) is 6.20 Å². The van der Waals surface area contributed by atoms with Crippen LogP contribution in [-0.4, -0.2) is 43.8 Å². The number of aromatic nitrogens is 5. The zero-order valence-corrected chi connectivity index (χ0v) is 15.9.